The van der Waals surface area contributed by atoms with Gasteiger partial charge in [0.15, 0.2) is 5.78 Å². The van der Waals surface area contributed by atoms with Crippen LogP contribution in [0.15, 0.2) is 72.9 Å². The molecule has 144 valence electrons. The number of rotatable bonds is 6. The number of hydrogen-bond acceptors (Lipinski definition) is 2. The Kier molecular flexibility index (Phi) is 5.73. The van der Waals surface area contributed by atoms with Crippen LogP contribution in [0.4, 0.5) is 0 Å². The van der Waals surface area contributed by atoms with Crippen molar-refractivity contribution in [3.05, 3.63) is 84.1 Å². The summed E-state index contributed by atoms with van der Waals surface area (Å²) < 4.78 is 2.03. The molecule has 3 aromatic rings. The van der Waals surface area contributed by atoms with Gasteiger partial charge in [-0.05, 0) is 56.0 Å². The normalized spacial score (nSPS) is 16.2. The van der Waals surface area contributed by atoms with Crippen molar-refractivity contribution in [3.8, 4) is 0 Å². The number of ketones is 1. The van der Waals surface area contributed by atoms with Crippen LogP contribution in [0.1, 0.15) is 28.8 Å². The maximum atomic E-state index is 12.7. The summed E-state index contributed by atoms with van der Waals surface area (Å²) in [6, 6.07) is 18.8. The van der Waals surface area contributed by atoms with E-state index in [1.807, 2.05) is 36.0 Å². The zero-order valence-electron chi connectivity index (χ0n) is 16.6. The Balaban J connectivity index is 1.30. The first-order valence-electron chi connectivity index (χ1n) is 10.2. The molecule has 2 aromatic carbocycles. The summed E-state index contributed by atoms with van der Waals surface area (Å²) in [5.74, 6) is 0.621. The summed E-state index contributed by atoms with van der Waals surface area (Å²) in [6.45, 7) is 3.35. The molecule has 3 heteroatoms. The lowest BCUT2D eigenvalue weighted by atomic mass is 9.95. The fraction of sp³-hybridized carbons (Fsp3) is 0.320. The van der Waals surface area contributed by atoms with Gasteiger partial charge >= 0.3 is 0 Å². The van der Waals surface area contributed by atoms with Gasteiger partial charge in [-0.3, -0.25) is 4.79 Å². The number of aromatic nitrogens is 1. The summed E-state index contributed by atoms with van der Waals surface area (Å²) in [5.41, 5.74) is 3.31. The fourth-order valence-corrected chi connectivity index (χ4v) is 4.15. The third-order valence-electron chi connectivity index (χ3n) is 5.87. The van der Waals surface area contributed by atoms with Gasteiger partial charge in [0.25, 0.3) is 0 Å². The number of nitrogens with zero attached hydrogens (tertiary/aromatic N) is 2. The second-order valence-electron chi connectivity index (χ2n) is 7.81. The van der Waals surface area contributed by atoms with Crippen molar-refractivity contribution in [2.45, 2.75) is 19.3 Å². The summed E-state index contributed by atoms with van der Waals surface area (Å²) >= 11 is 0. The smallest absolute Gasteiger partial charge is 0.187 e. The van der Waals surface area contributed by atoms with Crippen LogP contribution in [0, 0.1) is 5.92 Å². The number of para-hydroxylation sites is 1. The van der Waals surface area contributed by atoms with Gasteiger partial charge in [0.1, 0.15) is 0 Å². The first-order chi connectivity index (χ1) is 13.7. The molecule has 4 rings (SSSR count). The molecular weight excluding hydrogens is 344 g/mol. The number of fused-ring (bicyclic) bond motifs is 1. The highest BCUT2D eigenvalue weighted by Gasteiger charge is 2.18. The lowest BCUT2D eigenvalue weighted by Crippen LogP contribution is -2.34. The van der Waals surface area contributed by atoms with E-state index in [0.29, 0.717) is 5.92 Å². The van der Waals surface area contributed by atoms with Crippen LogP contribution < -0.4 is 0 Å². The van der Waals surface area contributed by atoms with Gasteiger partial charge in [0, 0.05) is 36.3 Å². The molecular formula is C25H28N2O. The topological polar surface area (TPSA) is 25.2 Å². The molecule has 0 amide bonds. The molecule has 1 fully saturated rings. The van der Waals surface area contributed by atoms with Crippen LogP contribution in [0.2, 0.25) is 0 Å². The molecule has 28 heavy (non-hydrogen) atoms. The van der Waals surface area contributed by atoms with E-state index in [1.54, 1.807) is 6.08 Å². The highest BCUT2D eigenvalue weighted by molar-refractivity contribution is 6.13. The zero-order chi connectivity index (χ0) is 19.3. The Morgan fingerprint density at radius 2 is 1.75 bits per heavy atom. The third-order valence-corrected chi connectivity index (χ3v) is 5.87. The largest absolute Gasteiger partial charge is 0.350 e. The van der Waals surface area contributed by atoms with Crippen LogP contribution in [0.5, 0.6) is 0 Å². The number of benzene rings is 2. The molecule has 3 nitrogen and oxygen atoms in total. The monoisotopic (exact) mass is 372 g/mol. The average Bonchev–Trinajstić information content (AvgIpc) is 3.09. The number of carbonyl (C=O) groups is 1. The number of piperidine rings is 1. The van der Waals surface area contributed by atoms with Crippen LogP contribution in [0.25, 0.3) is 10.9 Å². The number of carbonyl (C=O) groups excluding carboxylic acids is 1. The molecule has 0 unspecified atom stereocenters. The lowest BCUT2D eigenvalue weighted by Gasteiger charge is -2.30. The standard InChI is InChI=1S/C25H28N2O/c1-26-19-23(22-9-5-6-10-24(22)26)25(28)12-11-21-14-17-27(18-15-21)16-13-20-7-3-2-4-8-20/h2-12,19,21H,13-18H2,1H3/b12-11+. The van der Waals surface area contributed by atoms with E-state index in [2.05, 4.69) is 47.4 Å². The molecule has 2 heterocycles. The first kappa shape index (κ1) is 18.7. The van der Waals surface area contributed by atoms with Crippen molar-refractivity contribution >= 4 is 16.7 Å². The highest BCUT2D eigenvalue weighted by atomic mass is 16.1. The SMILES string of the molecule is Cn1cc(C(=O)/C=C/C2CCN(CCc3ccccc3)CC2)c2ccccc21. The summed E-state index contributed by atoms with van der Waals surface area (Å²) in [7, 11) is 1.99. The predicted octanol–water partition coefficient (Wildman–Crippen LogP) is 4.87. The highest BCUT2D eigenvalue weighted by Crippen LogP contribution is 2.23. The van der Waals surface area contributed by atoms with Gasteiger partial charge in [0.05, 0.1) is 0 Å². The van der Waals surface area contributed by atoms with E-state index in [1.165, 1.54) is 5.56 Å². The van der Waals surface area contributed by atoms with Crippen molar-refractivity contribution in [3.63, 3.8) is 0 Å². The molecule has 0 N–H and O–H groups in total. The lowest BCUT2D eigenvalue weighted by molar-refractivity contribution is 0.104. The van der Waals surface area contributed by atoms with Crippen molar-refractivity contribution in [2.75, 3.05) is 19.6 Å². The van der Waals surface area contributed by atoms with E-state index < -0.39 is 0 Å². The van der Waals surface area contributed by atoms with Crippen molar-refractivity contribution in [1.29, 1.82) is 0 Å². The summed E-state index contributed by atoms with van der Waals surface area (Å²) in [6.07, 6.45) is 9.26. The van der Waals surface area contributed by atoms with Crippen LogP contribution in [-0.2, 0) is 13.5 Å². The Morgan fingerprint density at radius 3 is 2.54 bits per heavy atom. The second kappa shape index (κ2) is 8.57. The molecule has 0 spiro atoms. The number of aryl methyl sites for hydroxylation is 1. The van der Waals surface area contributed by atoms with E-state index in [-0.39, 0.29) is 5.78 Å². The van der Waals surface area contributed by atoms with Crippen LogP contribution in [-0.4, -0.2) is 34.9 Å². The summed E-state index contributed by atoms with van der Waals surface area (Å²) in [4.78, 5) is 15.3. The van der Waals surface area contributed by atoms with E-state index >= 15 is 0 Å². The van der Waals surface area contributed by atoms with E-state index in [4.69, 9.17) is 0 Å². The molecule has 0 bridgehead atoms. The van der Waals surface area contributed by atoms with Crippen molar-refractivity contribution in [1.82, 2.24) is 9.47 Å². The Bertz CT molecular complexity index is 963. The molecule has 1 saturated heterocycles. The minimum atomic E-state index is 0.114. The fourth-order valence-electron chi connectivity index (χ4n) is 4.15. The maximum Gasteiger partial charge on any atom is 0.187 e. The quantitative estimate of drug-likeness (QED) is 0.455. The van der Waals surface area contributed by atoms with Crippen molar-refractivity contribution < 1.29 is 4.79 Å². The Labute approximate surface area is 167 Å². The minimum absolute atomic E-state index is 0.114. The van der Waals surface area contributed by atoms with Gasteiger partial charge < -0.3 is 9.47 Å². The van der Waals surface area contributed by atoms with Gasteiger partial charge in [-0.15, -0.1) is 0 Å². The minimum Gasteiger partial charge on any atom is -0.350 e. The number of allylic oxidation sites excluding steroid dienone is 2. The van der Waals surface area contributed by atoms with E-state index in [0.717, 1.165) is 55.4 Å². The van der Waals surface area contributed by atoms with Gasteiger partial charge in [-0.1, -0.05) is 54.6 Å². The van der Waals surface area contributed by atoms with Gasteiger partial charge in [-0.2, -0.15) is 0 Å². The first-order valence-corrected chi connectivity index (χ1v) is 10.2. The van der Waals surface area contributed by atoms with Crippen molar-refractivity contribution in [2.24, 2.45) is 13.0 Å². The van der Waals surface area contributed by atoms with Gasteiger partial charge in [-0.25, -0.2) is 0 Å². The number of likely N-dealkylation sites (tertiary alicyclic amines) is 1. The molecule has 0 aliphatic carbocycles. The van der Waals surface area contributed by atoms with Gasteiger partial charge in [0.2, 0.25) is 0 Å². The van der Waals surface area contributed by atoms with Crippen LogP contribution >= 0.6 is 0 Å². The second-order valence-corrected chi connectivity index (χ2v) is 7.81. The Hall–Kier alpha value is -2.65. The molecule has 1 aliphatic rings. The third kappa shape index (κ3) is 4.26. The Morgan fingerprint density at radius 1 is 1.04 bits per heavy atom. The molecule has 1 aliphatic heterocycles. The molecule has 1 aromatic heterocycles. The zero-order valence-corrected chi connectivity index (χ0v) is 16.6. The number of hydrogen-bond donors (Lipinski definition) is 0. The summed E-state index contributed by atoms with van der Waals surface area (Å²) in [5, 5.41) is 1.04. The van der Waals surface area contributed by atoms with Crippen LogP contribution in [0.3, 0.4) is 0 Å². The average molecular weight is 373 g/mol. The van der Waals surface area contributed by atoms with E-state index in [9.17, 15) is 4.79 Å². The maximum absolute atomic E-state index is 12.7. The molecule has 0 saturated carbocycles. The molecule has 0 radical (unpaired) electrons. The molecule has 0 atom stereocenters. The predicted molar refractivity (Wildman–Crippen MR) is 116 cm³/mol.